The molecule has 3 N–H and O–H groups in total. The fourth-order valence-electron chi connectivity index (χ4n) is 1.46. The number of amides is 2. The Labute approximate surface area is 113 Å². The van der Waals surface area contributed by atoms with Crippen LogP contribution in [0.15, 0.2) is 18.2 Å². The van der Waals surface area contributed by atoms with E-state index in [-0.39, 0.29) is 17.9 Å². The molecule has 0 aliphatic carbocycles. The van der Waals surface area contributed by atoms with Gasteiger partial charge in [0.15, 0.2) is 0 Å². The molecular formula is C14H21N3O2. The first-order valence-corrected chi connectivity index (χ1v) is 6.36. The van der Waals surface area contributed by atoms with E-state index in [1.54, 1.807) is 27.0 Å². The predicted molar refractivity (Wildman–Crippen MR) is 77.3 cm³/mol. The zero-order chi connectivity index (χ0) is 14.4. The van der Waals surface area contributed by atoms with Crippen LogP contribution in [0.1, 0.15) is 25.8 Å². The van der Waals surface area contributed by atoms with E-state index in [0.717, 1.165) is 5.56 Å². The molecule has 1 rings (SSSR count). The van der Waals surface area contributed by atoms with Gasteiger partial charge < -0.3 is 16.0 Å². The molecule has 1 atom stereocenters. The number of carbonyl (C=O) groups excluding carboxylic acids is 2. The maximum atomic E-state index is 11.8. The number of aryl methyl sites for hydroxylation is 1. The summed E-state index contributed by atoms with van der Waals surface area (Å²) in [6, 6.07) is 5.18. The Morgan fingerprint density at radius 3 is 2.53 bits per heavy atom. The normalized spacial score (nSPS) is 11.8. The molecule has 19 heavy (non-hydrogen) atoms. The van der Waals surface area contributed by atoms with E-state index >= 15 is 0 Å². The minimum absolute atomic E-state index is 0.0512. The van der Waals surface area contributed by atoms with Crippen LogP contribution in [0.3, 0.4) is 0 Å². The lowest BCUT2D eigenvalue weighted by molar-refractivity contribution is -0.117. The fraction of sp³-hybridized carbons (Fsp3) is 0.429. The number of carbonyl (C=O) groups is 2. The molecule has 1 aromatic carbocycles. The SMILES string of the molecule is CCC(=O)Nc1ccc(C)c(NC(=O)C(C)NC)c1. The molecule has 0 bridgehead atoms. The van der Waals surface area contributed by atoms with Crippen molar-refractivity contribution in [1.29, 1.82) is 0 Å². The van der Waals surface area contributed by atoms with Crippen LogP contribution in [0, 0.1) is 6.92 Å². The molecule has 0 heterocycles. The number of nitrogens with one attached hydrogen (secondary N) is 3. The Hall–Kier alpha value is -1.88. The monoisotopic (exact) mass is 263 g/mol. The molecule has 0 spiro atoms. The molecule has 0 radical (unpaired) electrons. The van der Waals surface area contributed by atoms with Crippen LogP contribution in [-0.2, 0) is 9.59 Å². The lowest BCUT2D eigenvalue weighted by Gasteiger charge is -2.14. The van der Waals surface area contributed by atoms with Gasteiger partial charge in [-0.2, -0.15) is 0 Å². The number of rotatable bonds is 5. The molecule has 5 nitrogen and oxygen atoms in total. The van der Waals surface area contributed by atoms with Crippen LogP contribution in [0.2, 0.25) is 0 Å². The average Bonchev–Trinajstić information content (AvgIpc) is 2.41. The van der Waals surface area contributed by atoms with Gasteiger partial charge in [-0.05, 0) is 38.6 Å². The van der Waals surface area contributed by atoms with E-state index in [1.165, 1.54) is 0 Å². The Morgan fingerprint density at radius 2 is 1.95 bits per heavy atom. The highest BCUT2D eigenvalue weighted by Gasteiger charge is 2.12. The molecule has 1 unspecified atom stereocenters. The van der Waals surface area contributed by atoms with E-state index in [0.29, 0.717) is 17.8 Å². The van der Waals surface area contributed by atoms with Gasteiger partial charge >= 0.3 is 0 Å². The van der Waals surface area contributed by atoms with Crippen LogP contribution in [0.4, 0.5) is 11.4 Å². The van der Waals surface area contributed by atoms with Crippen LogP contribution in [0.25, 0.3) is 0 Å². The van der Waals surface area contributed by atoms with Crippen molar-refractivity contribution in [1.82, 2.24) is 5.32 Å². The Balaban J connectivity index is 2.85. The zero-order valence-corrected chi connectivity index (χ0v) is 11.8. The summed E-state index contributed by atoms with van der Waals surface area (Å²) in [5.74, 6) is -0.158. The van der Waals surface area contributed by atoms with Gasteiger partial charge in [-0.3, -0.25) is 9.59 Å². The summed E-state index contributed by atoms with van der Waals surface area (Å²) >= 11 is 0. The van der Waals surface area contributed by atoms with Crippen LogP contribution < -0.4 is 16.0 Å². The Morgan fingerprint density at radius 1 is 1.26 bits per heavy atom. The molecule has 0 aliphatic rings. The number of likely N-dealkylation sites (N-methyl/N-ethyl adjacent to an activating group) is 1. The van der Waals surface area contributed by atoms with Crippen LogP contribution in [0.5, 0.6) is 0 Å². The Kier molecular flexibility index (Phi) is 5.51. The van der Waals surface area contributed by atoms with E-state index in [1.807, 2.05) is 19.1 Å². The second-order valence-electron chi connectivity index (χ2n) is 4.43. The summed E-state index contributed by atoms with van der Waals surface area (Å²) in [5, 5.41) is 8.49. The third-order valence-corrected chi connectivity index (χ3v) is 2.93. The van der Waals surface area contributed by atoms with Crippen LogP contribution >= 0.6 is 0 Å². The minimum Gasteiger partial charge on any atom is -0.326 e. The summed E-state index contributed by atoms with van der Waals surface area (Å²) < 4.78 is 0. The summed E-state index contributed by atoms with van der Waals surface area (Å²) in [7, 11) is 1.73. The number of hydrogen-bond acceptors (Lipinski definition) is 3. The third kappa shape index (κ3) is 4.37. The lowest BCUT2D eigenvalue weighted by atomic mass is 10.1. The van der Waals surface area contributed by atoms with Gasteiger partial charge in [0, 0.05) is 17.8 Å². The average molecular weight is 263 g/mol. The van der Waals surface area contributed by atoms with Crippen molar-refractivity contribution < 1.29 is 9.59 Å². The first-order chi connectivity index (χ1) is 8.97. The highest BCUT2D eigenvalue weighted by Crippen LogP contribution is 2.20. The van der Waals surface area contributed by atoms with E-state index in [4.69, 9.17) is 0 Å². The zero-order valence-electron chi connectivity index (χ0n) is 11.8. The van der Waals surface area contributed by atoms with Gasteiger partial charge in [0.25, 0.3) is 0 Å². The molecule has 0 aromatic heterocycles. The molecule has 0 fully saturated rings. The molecule has 2 amide bonds. The number of anilines is 2. The largest absolute Gasteiger partial charge is 0.326 e. The summed E-state index contributed by atoms with van der Waals surface area (Å²) in [6.07, 6.45) is 0.423. The second-order valence-corrected chi connectivity index (χ2v) is 4.43. The van der Waals surface area contributed by atoms with Crippen molar-refractivity contribution in [2.24, 2.45) is 0 Å². The van der Waals surface area contributed by atoms with Crippen molar-refractivity contribution in [3.8, 4) is 0 Å². The highest BCUT2D eigenvalue weighted by molar-refractivity contribution is 5.96. The molecule has 0 aliphatic heterocycles. The van der Waals surface area contributed by atoms with E-state index in [9.17, 15) is 9.59 Å². The summed E-state index contributed by atoms with van der Waals surface area (Å²) in [4.78, 5) is 23.2. The first kappa shape index (κ1) is 15.2. The quantitative estimate of drug-likeness (QED) is 0.759. The van der Waals surface area contributed by atoms with Crippen molar-refractivity contribution in [3.05, 3.63) is 23.8 Å². The molecule has 0 saturated carbocycles. The van der Waals surface area contributed by atoms with Gasteiger partial charge in [0.2, 0.25) is 11.8 Å². The maximum absolute atomic E-state index is 11.8. The van der Waals surface area contributed by atoms with Gasteiger partial charge in [-0.15, -0.1) is 0 Å². The molecule has 104 valence electrons. The molecule has 0 saturated heterocycles. The number of hydrogen-bond donors (Lipinski definition) is 3. The fourth-order valence-corrected chi connectivity index (χ4v) is 1.46. The number of benzene rings is 1. The highest BCUT2D eigenvalue weighted by atomic mass is 16.2. The topological polar surface area (TPSA) is 70.2 Å². The first-order valence-electron chi connectivity index (χ1n) is 6.36. The van der Waals surface area contributed by atoms with Gasteiger partial charge in [-0.1, -0.05) is 13.0 Å². The van der Waals surface area contributed by atoms with Crippen molar-refractivity contribution in [2.75, 3.05) is 17.7 Å². The molecule has 1 aromatic rings. The van der Waals surface area contributed by atoms with Crippen LogP contribution in [-0.4, -0.2) is 24.9 Å². The summed E-state index contributed by atoms with van der Waals surface area (Å²) in [5.41, 5.74) is 2.34. The summed E-state index contributed by atoms with van der Waals surface area (Å²) in [6.45, 7) is 5.49. The van der Waals surface area contributed by atoms with Gasteiger partial charge in [-0.25, -0.2) is 0 Å². The minimum atomic E-state index is -0.270. The molecule has 5 heteroatoms. The van der Waals surface area contributed by atoms with Gasteiger partial charge in [0.05, 0.1) is 6.04 Å². The Bertz CT molecular complexity index is 472. The molecular weight excluding hydrogens is 242 g/mol. The lowest BCUT2D eigenvalue weighted by Crippen LogP contribution is -2.35. The van der Waals surface area contributed by atoms with Crippen molar-refractivity contribution >= 4 is 23.2 Å². The maximum Gasteiger partial charge on any atom is 0.241 e. The van der Waals surface area contributed by atoms with E-state index < -0.39 is 0 Å². The second kappa shape index (κ2) is 6.89. The van der Waals surface area contributed by atoms with Crippen molar-refractivity contribution in [3.63, 3.8) is 0 Å². The van der Waals surface area contributed by atoms with Gasteiger partial charge in [0.1, 0.15) is 0 Å². The third-order valence-electron chi connectivity index (χ3n) is 2.93. The van der Waals surface area contributed by atoms with E-state index in [2.05, 4.69) is 16.0 Å². The van der Waals surface area contributed by atoms with Crippen molar-refractivity contribution in [2.45, 2.75) is 33.2 Å². The standard InChI is InChI=1S/C14H21N3O2/c1-5-13(18)16-11-7-6-9(2)12(8-11)17-14(19)10(3)15-4/h6-8,10,15H,5H2,1-4H3,(H,16,18)(H,17,19). The predicted octanol–water partition coefficient (Wildman–Crippen LogP) is 1.89. The smallest absolute Gasteiger partial charge is 0.241 e.